The largest absolute Gasteiger partial charge is 0.508 e. The van der Waals surface area contributed by atoms with Crippen LogP contribution in [0.5, 0.6) is 5.75 Å². The summed E-state index contributed by atoms with van der Waals surface area (Å²) in [5, 5.41) is 21.9. The van der Waals surface area contributed by atoms with E-state index in [9.17, 15) is 5.11 Å². The second kappa shape index (κ2) is 5.25. The molecule has 0 spiro atoms. The third-order valence-corrected chi connectivity index (χ3v) is 3.93. The van der Waals surface area contributed by atoms with Gasteiger partial charge < -0.3 is 15.0 Å². The SMILES string of the molecule is CC(NC(C)c1nnc2n1CCC2)c1ccccc1O. The fraction of sp³-hybridized carbons (Fsp3) is 0.467. The van der Waals surface area contributed by atoms with Crippen LogP contribution in [0, 0.1) is 0 Å². The van der Waals surface area contributed by atoms with Gasteiger partial charge in [0.25, 0.3) is 0 Å². The number of fused-ring (bicyclic) bond motifs is 1. The molecule has 3 rings (SSSR count). The number of hydrogen-bond donors (Lipinski definition) is 2. The molecular weight excluding hydrogens is 252 g/mol. The quantitative estimate of drug-likeness (QED) is 0.896. The number of rotatable bonds is 4. The Bertz CT molecular complexity index is 608. The smallest absolute Gasteiger partial charge is 0.149 e. The molecule has 2 atom stereocenters. The van der Waals surface area contributed by atoms with Gasteiger partial charge in [-0.3, -0.25) is 0 Å². The minimum Gasteiger partial charge on any atom is -0.508 e. The van der Waals surface area contributed by atoms with E-state index in [4.69, 9.17) is 0 Å². The summed E-state index contributed by atoms with van der Waals surface area (Å²) < 4.78 is 2.20. The van der Waals surface area contributed by atoms with Gasteiger partial charge in [-0.15, -0.1) is 10.2 Å². The van der Waals surface area contributed by atoms with Crippen molar-refractivity contribution in [1.82, 2.24) is 20.1 Å². The van der Waals surface area contributed by atoms with Crippen LogP contribution in [0.2, 0.25) is 0 Å². The van der Waals surface area contributed by atoms with Crippen LogP contribution < -0.4 is 5.32 Å². The van der Waals surface area contributed by atoms with Crippen molar-refractivity contribution in [2.24, 2.45) is 0 Å². The molecule has 2 unspecified atom stereocenters. The molecule has 1 aromatic heterocycles. The predicted octanol–water partition coefficient (Wildman–Crippen LogP) is 2.34. The van der Waals surface area contributed by atoms with Crippen LogP contribution in [-0.4, -0.2) is 19.9 Å². The highest BCUT2D eigenvalue weighted by Crippen LogP contribution is 2.26. The van der Waals surface area contributed by atoms with E-state index < -0.39 is 0 Å². The molecular formula is C15H20N4O. The Balaban J connectivity index is 1.76. The fourth-order valence-electron chi connectivity index (χ4n) is 2.89. The summed E-state index contributed by atoms with van der Waals surface area (Å²) in [5.41, 5.74) is 0.903. The third kappa shape index (κ3) is 2.29. The first kappa shape index (κ1) is 13.1. The summed E-state index contributed by atoms with van der Waals surface area (Å²) >= 11 is 0. The normalized spacial score (nSPS) is 16.9. The molecule has 1 aliphatic rings. The standard InChI is InChI=1S/C15H20N4O/c1-10(12-6-3-4-7-13(12)20)16-11(2)15-18-17-14-8-5-9-19(14)15/h3-4,6-7,10-11,16,20H,5,8-9H2,1-2H3. The average molecular weight is 272 g/mol. The molecule has 2 N–H and O–H groups in total. The maximum absolute atomic E-state index is 9.91. The van der Waals surface area contributed by atoms with E-state index in [1.165, 1.54) is 0 Å². The number of hydrogen-bond acceptors (Lipinski definition) is 4. The van der Waals surface area contributed by atoms with E-state index in [2.05, 4.69) is 27.0 Å². The van der Waals surface area contributed by atoms with Crippen molar-refractivity contribution in [1.29, 1.82) is 0 Å². The van der Waals surface area contributed by atoms with Gasteiger partial charge in [-0.25, -0.2) is 0 Å². The van der Waals surface area contributed by atoms with Crippen LogP contribution in [0.4, 0.5) is 0 Å². The molecule has 0 saturated heterocycles. The molecule has 0 radical (unpaired) electrons. The summed E-state index contributed by atoms with van der Waals surface area (Å²) in [6, 6.07) is 7.58. The Labute approximate surface area is 118 Å². The summed E-state index contributed by atoms with van der Waals surface area (Å²) in [4.78, 5) is 0. The maximum Gasteiger partial charge on any atom is 0.149 e. The highest BCUT2D eigenvalue weighted by atomic mass is 16.3. The monoisotopic (exact) mass is 272 g/mol. The second-order valence-corrected chi connectivity index (χ2v) is 5.40. The van der Waals surface area contributed by atoms with Gasteiger partial charge >= 0.3 is 0 Å². The molecule has 1 aromatic carbocycles. The molecule has 0 aliphatic carbocycles. The van der Waals surface area contributed by atoms with Crippen LogP contribution in [0.3, 0.4) is 0 Å². The molecule has 5 heteroatoms. The van der Waals surface area contributed by atoms with E-state index in [-0.39, 0.29) is 12.1 Å². The van der Waals surface area contributed by atoms with Gasteiger partial charge in [-0.05, 0) is 26.3 Å². The van der Waals surface area contributed by atoms with Gasteiger partial charge in [0.05, 0.1) is 6.04 Å². The lowest BCUT2D eigenvalue weighted by atomic mass is 10.1. The van der Waals surface area contributed by atoms with Crippen molar-refractivity contribution in [3.05, 3.63) is 41.5 Å². The molecule has 1 aliphatic heterocycles. The molecule has 20 heavy (non-hydrogen) atoms. The minimum absolute atomic E-state index is 0.0561. The second-order valence-electron chi connectivity index (χ2n) is 5.40. The number of para-hydroxylation sites is 1. The number of nitrogens with one attached hydrogen (secondary N) is 1. The van der Waals surface area contributed by atoms with Crippen LogP contribution >= 0.6 is 0 Å². The van der Waals surface area contributed by atoms with Crippen LogP contribution in [0.1, 0.15) is 49.6 Å². The highest BCUT2D eigenvalue weighted by Gasteiger charge is 2.22. The van der Waals surface area contributed by atoms with E-state index in [0.29, 0.717) is 5.75 Å². The number of benzene rings is 1. The summed E-state index contributed by atoms with van der Waals surface area (Å²) in [5.74, 6) is 2.40. The number of aryl methyl sites for hydroxylation is 1. The van der Waals surface area contributed by atoms with Crippen molar-refractivity contribution < 1.29 is 5.11 Å². The Morgan fingerprint density at radius 3 is 2.80 bits per heavy atom. The first-order chi connectivity index (χ1) is 9.66. The van der Waals surface area contributed by atoms with Gasteiger partial charge in [0, 0.05) is 24.6 Å². The summed E-state index contributed by atoms with van der Waals surface area (Å²) in [6.45, 7) is 5.15. The molecule has 0 bridgehead atoms. The van der Waals surface area contributed by atoms with E-state index in [1.807, 2.05) is 25.1 Å². The van der Waals surface area contributed by atoms with Crippen LogP contribution in [0.15, 0.2) is 24.3 Å². The topological polar surface area (TPSA) is 63.0 Å². The van der Waals surface area contributed by atoms with E-state index >= 15 is 0 Å². The number of phenols is 1. The minimum atomic E-state index is 0.0561. The number of phenolic OH excluding ortho intramolecular Hbond substituents is 1. The van der Waals surface area contributed by atoms with Crippen molar-refractivity contribution in [2.75, 3.05) is 0 Å². The Hall–Kier alpha value is -1.88. The molecule has 0 fully saturated rings. The molecule has 0 amide bonds. The number of nitrogens with zero attached hydrogens (tertiary/aromatic N) is 3. The van der Waals surface area contributed by atoms with Crippen molar-refractivity contribution >= 4 is 0 Å². The number of aromatic nitrogens is 3. The van der Waals surface area contributed by atoms with Gasteiger partial charge in [0.1, 0.15) is 17.4 Å². The van der Waals surface area contributed by atoms with Gasteiger partial charge in [-0.1, -0.05) is 18.2 Å². The van der Waals surface area contributed by atoms with Gasteiger partial charge in [0.2, 0.25) is 0 Å². The van der Waals surface area contributed by atoms with Gasteiger partial charge in [0.15, 0.2) is 0 Å². The molecule has 2 aromatic rings. The Morgan fingerprint density at radius 1 is 1.20 bits per heavy atom. The predicted molar refractivity (Wildman–Crippen MR) is 76.4 cm³/mol. The van der Waals surface area contributed by atoms with Crippen molar-refractivity contribution in [3.8, 4) is 5.75 Å². The van der Waals surface area contributed by atoms with Crippen LogP contribution in [-0.2, 0) is 13.0 Å². The summed E-state index contributed by atoms with van der Waals surface area (Å²) in [7, 11) is 0. The lowest BCUT2D eigenvalue weighted by molar-refractivity contribution is 0.426. The van der Waals surface area contributed by atoms with E-state index in [0.717, 1.165) is 36.6 Å². The Morgan fingerprint density at radius 2 is 2.00 bits per heavy atom. The molecule has 2 heterocycles. The average Bonchev–Trinajstić information content (AvgIpc) is 3.00. The van der Waals surface area contributed by atoms with E-state index in [1.54, 1.807) is 6.07 Å². The zero-order valence-electron chi connectivity index (χ0n) is 11.9. The lowest BCUT2D eigenvalue weighted by Gasteiger charge is -2.20. The Kier molecular flexibility index (Phi) is 3.44. The van der Waals surface area contributed by atoms with Crippen molar-refractivity contribution in [3.63, 3.8) is 0 Å². The van der Waals surface area contributed by atoms with Gasteiger partial charge in [-0.2, -0.15) is 0 Å². The first-order valence-electron chi connectivity index (χ1n) is 7.12. The molecule has 5 nitrogen and oxygen atoms in total. The van der Waals surface area contributed by atoms with Crippen LogP contribution in [0.25, 0.3) is 0 Å². The first-order valence-corrected chi connectivity index (χ1v) is 7.12. The molecule has 106 valence electrons. The zero-order chi connectivity index (χ0) is 14.1. The number of aromatic hydroxyl groups is 1. The fourth-order valence-corrected chi connectivity index (χ4v) is 2.89. The lowest BCUT2D eigenvalue weighted by Crippen LogP contribution is -2.25. The third-order valence-electron chi connectivity index (χ3n) is 3.93. The zero-order valence-corrected chi connectivity index (χ0v) is 11.9. The molecule has 0 saturated carbocycles. The maximum atomic E-state index is 9.91. The highest BCUT2D eigenvalue weighted by molar-refractivity contribution is 5.34. The van der Waals surface area contributed by atoms with Crippen molar-refractivity contribution in [2.45, 2.75) is 45.3 Å². The summed E-state index contributed by atoms with van der Waals surface area (Å²) in [6.07, 6.45) is 2.17.